The number of ether oxygens (including phenoxy) is 2. The number of nitrogens with one attached hydrogen (secondary N) is 1. The lowest BCUT2D eigenvalue weighted by Crippen LogP contribution is -2.44. The molecular formula is C21H30ClN3O4. The second-order valence-corrected chi connectivity index (χ2v) is 7.82. The van der Waals surface area contributed by atoms with Crippen molar-refractivity contribution >= 4 is 29.9 Å². The topological polar surface area (TPSA) is 71.1 Å². The predicted octanol–water partition coefficient (Wildman–Crippen LogP) is 2.08. The van der Waals surface area contributed by atoms with Crippen LogP contribution >= 0.6 is 12.4 Å². The number of hydrogen-bond acceptors (Lipinski definition) is 5. The molecule has 0 spiro atoms. The fourth-order valence-electron chi connectivity index (χ4n) is 4.38. The van der Waals surface area contributed by atoms with Crippen molar-refractivity contribution in [2.75, 3.05) is 51.3 Å². The SMILES string of the molecule is CNCCC1CCN(C(=O)C2CCN(c3ccc4c(c3)OCCO4)C2=O)CC1.Cl. The Morgan fingerprint density at radius 1 is 1.10 bits per heavy atom. The van der Waals surface area contributed by atoms with Gasteiger partial charge in [0.25, 0.3) is 0 Å². The standard InChI is InChI=1S/C21H29N3O4.ClH/c1-22-8-4-15-5-9-23(10-6-15)20(25)17-7-11-24(21(17)26)16-2-3-18-19(14-16)28-13-12-27-18;/h2-3,14-15,17,22H,4-13H2,1H3;1H. The van der Waals surface area contributed by atoms with Crippen LogP contribution in [0.3, 0.4) is 0 Å². The van der Waals surface area contributed by atoms with E-state index in [9.17, 15) is 9.59 Å². The highest BCUT2D eigenvalue weighted by Gasteiger charge is 2.40. The van der Waals surface area contributed by atoms with Crippen LogP contribution in [0.1, 0.15) is 25.7 Å². The monoisotopic (exact) mass is 423 g/mol. The molecule has 2 saturated heterocycles. The molecule has 1 unspecified atom stereocenters. The maximum Gasteiger partial charge on any atom is 0.239 e. The molecule has 3 heterocycles. The first-order valence-electron chi connectivity index (χ1n) is 10.3. The molecule has 2 fully saturated rings. The Balaban J connectivity index is 0.00000240. The molecule has 4 rings (SSSR count). The number of likely N-dealkylation sites (tertiary alicyclic amines) is 1. The van der Waals surface area contributed by atoms with Gasteiger partial charge in [-0.15, -0.1) is 12.4 Å². The molecule has 0 bridgehead atoms. The molecule has 1 atom stereocenters. The molecule has 3 aliphatic heterocycles. The summed E-state index contributed by atoms with van der Waals surface area (Å²) in [6.45, 7) is 4.16. The largest absolute Gasteiger partial charge is 0.486 e. The maximum absolute atomic E-state index is 13.0. The summed E-state index contributed by atoms with van der Waals surface area (Å²) in [4.78, 5) is 29.5. The Morgan fingerprint density at radius 3 is 2.55 bits per heavy atom. The third-order valence-electron chi connectivity index (χ3n) is 6.07. The minimum Gasteiger partial charge on any atom is -0.486 e. The highest BCUT2D eigenvalue weighted by molar-refractivity contribution is 6.09. The summed E-state index contributed by atoms with van der Waals surface area (Å²) in [7, 11) is 1.97. The number of fused-ring (bicyclic) bond motifs is 1. The van der Waals surface area contributed by atoms with Crippen LogP contribution in [0.5, 0.6) is 11.5 Å². The third-order valence-corrected chi connectivity index (χ3v) is 6.07. The summed E-state index contributed by atoms with van der Waals surface area (Å²) in [6, 6.07) is 5.54. The van der Waals surface area contributed by atoms with Crippen LogP contribution < -0.4 is 19.7 Å². The van der Waals surface area contributed by atoms with Crippen molar-refractivity contribution in [3.8, 4) is 11.5 Å². The van der Waals surface area contributed by atoms with Crippen molar-refractivity contribution in [2.45, 2.75) is 25.7 Å². The quantitative estimate of drug-likeness (QED) is 0.734. The smallest absolute Gasteiger partial charge is 0.239 e. The summed E-state index contributed by atoms with van der Waals surface area (Å²) in [5, 5.41) is 3.19. The first-order chi connectivity index (χ1) is 13.7. The molecule has 8 heteroatoms. The molecule has 29 heavy (non-hydrogen) atoms. The van der Waals surface area contributed by atoms with Gasteiger partial charge in [0.1, 0.15) is 19.1 Å². The fraction of sp³-hybridized carbons (Fsp3) is 0.619. The van der Waals surface area contributed by atoms with Crippen LogP contribution in [0.4, 0.5) is 5.69 Å². The van der Waals surface area contributed by atoms with Gasteiger partial charge in [-0.2, -0.15) is 0 Å². The summed E-state index contributed by atoms with van der Waals surface area (Å²) in [5.74, 6) is 1.38. The highest BCUT2D eigenvalue weighted by Crippen LogP contribution is 2.36. The van der Waals surface area contributed by atoms with Crippen molar-refractivity contribution in [3.05, 3.63) is 18.2 Å². The number of rotatable bonds is 5. The van der Waals surface area contributed by atoms with E-state index in [0.29, 0.717) is 43.6 Å². The summed E-state index contributed by atoms with van der Waals surface area (Å²) >= 11 is 0. The number of halogens is 1. The number of piperidine rings is 1. The van der Waals surface area contributed by atoms with E-state index in [2.05, 4.69) is 5.32 Å². The Hall–Kier alpha value is -1.99. The molecule has 160 valence electrons. The van der Waals surface area contributed by atoms with E-state index >= 15 is 0 Å². The van der Waals surface area contributed by atoms with Crippen LogP contribution in [0.25, 0.3) is 0 Å². The minimum absolute atomic E-state index is 0. The molecule has 1 aromatic carbocycles. The Morgan fingerprint density at radius 2 is 1.83 bits per heavy atom. The molecule has 0 saturated carbocycles. The molecule has 1 N–H and O–H groups in total. The van der Waals surface area contributed by atoms with Gasteiger partial charge in [0, 0.05) is 31.4 Å². The lowest BCUT2D eigenvalue weighted by molar-refractivity contribution is -0.141. The number of amides is 2. The number of carbonyl (C=O) groups is 2. The summed E-state index contributed by atoms with van der Waals surface area (Å²) < 4.78 is 11.2. The molecule has 3 aliphatic rings. The zero-order valence-electron chi connectivity index (χ0n) is 16.9. The second kappa shape index (κ2) is 9.67. The molecule has 0 aliphatic carbocycles. The van der Waals surface area contributed by atoms with Gasteiger partial charge in [-0.1, -0.05) is 0 Å². The van der Waals surface area contributed by atoms with Crippen LogP contribution in [-0.4, -0.2) is 63.2 Å². The molecular weight excluding hydrogens is 394 g/mol. The average molecular weight is 424 g/mol. The van der Waals surface area contributed by atoms with Gasteiger partial charge < -0.3 is 24.6 Å². The highest BCUT2D eigenvalue weighted by atomic mass is 35.5. The Bertz CT molecular complexity index is 737. The van der Waals surface area contributed by atoms with Crippen LogP contribution in [0.15, 0.2) is 18.2 Å². The van der Waals surface area contributed by atoms with E-state index in [1.807, 2.05) is 30.1 Å². The zero-order valence-corrected chi connectivity index (χ0v) is 17.7. The first kappa shape index (κ1) is 21.7. The number of benzene rings is 1. The Kier molecular flexibility index (Phi) is 7.24. The van der Waals surface area contributed by atoms with Gasteiger partial charge in [-0.05, 0) is 57.3 Å². The second-order valence-electron chi connectivity index (χ2n) is 7.82. The zero-order chi connectivity index (χ0) is 19.5. The lowest BCUT2D eigenvalue weighted by Gasteiger charge is -2.33. The van der Waals surface area contributed by atoms with Crippen molar-refractivity contribution in [1.29, 1.82) is 0 Å². The normalized spacial score (nSPS) is 21.8. The van der Waals surface area contributed by atoms with E-state index < -0.39 is 5.92 Å². The van der Waals surface area contributed by atoms with E-state index in [4.69, 9.17) is 9.47 Å². The molecule has 7 nitrogen and oxygen atoms in total. The number of hydrogen-bond donors (Lipinski definition) is 1. The van der Waals surface area contributed by atoms with Crippen molar-refractivity contribution < 1.29 is 19.1 Å². The minimum atomic E-state index is -0.554. The van der Waals surface area contributed by atoms with Crippen molar-refractivity contribution in [1.82, 2.24) is 10.2 Å². The van der Waals surface area contributed by atoms with Gasteiger partial charge in [0.15, 0.2) is 11.5 Å². The van der Waals surface area contributed by atoms with Crippen LogP contribution in [0, 0.1) is 11.8 Å². The van der Waals surface area contributed by atoms with Crippen LogP contribution in [0.2, 0.25) is 0 Å². The summed E-state index contributed by atoms with van der Waals surface area (Å²) in [5.41, 5.74) is 0.773. The van der Waals surface area contributed by atoms with Crippen molar-refractivity contribution in [3.63, 3.8) is 0 Å². The fourth-order valence-corrected chi connectivity index (χ4v) is 4.38. The number of carbonyl (C=O) groups excluding carboxylic acids is 2. The molecule has 1 aromatic rings. The third kappa shape index (κ3) is 4.61. The van der Waals surface area contributed by atoms with E-state index in [1.54, 1.807) is 4.90 Å². The van der Waals surface area contributed by atoms with Gasteiger partial charge >= 0.3 is 0 Å². The maximum atomic E-state index is 13.0. The first-order valence-corrected chi connectivity index (χ1v) is 10.3. The van der Waals surface area contributed by atoms with E-state index in [0.717, 1.165) is 44.6 Å². The Labute approximate surface area is 178 Å². The van der Waals surface area contributed by atoms with E-state index in [1.165, 1.54) is 0 Å². The van der Waals surface area contributed by atoms with Gasteiger partial charge in [0.2, 0.25) is 11.8 Å². The predicted molar refractivity (Wildman–Crippen MR) is 113 cm³/mol. The molecule has 0 radical (unpaired) electrons. The van der Waals surface area contributed by atoms with E-state index in [-0.39, 0.29) is 24.2 Å². The molecule has 0 aromatic heterocycles. The van der Waals surface area contributed by atoms with Crippen LogP contribution in [-0.2, 0) is 9.59 Å². The molecule has 2 amide bonds. The van der Waals surface area contributed by atoms with Crippen molar-refractivity contribution in [2.24, 2.45) is 11.8 Å². The van der Waals surface area contributed by atoms with Gasteiger partial charge in [-0.25, -0.2) is 0 Å². The number of anilines is 1. The number of nitrogens with zero attached hydrogens (tertiary/aromatic N) is 2. The van der Waals surface area contributed by atoms with Gasteiger partial charge in [-0.3, -0.25) is 9.59 Å². The van der Waals surface area contributed by atoms with Gasteiger partial charge in [0.05, 0.1) is 0 Å². The average Bonchev–Trinajstić information content (AvgIpc) is 3.13. The lowest BCUT2D eigenvalue weighted by atomic mass is 9.92. The summed E-state index contributed by atoms with van der Waals surface area (Å²) in [6.07, 6.45) is 3.78.